The Morgan fingerprint density at radius 2 is 0.591 bits per heavy atom. The summed E-state index contributed by atoms with van der Waals surface area (Å²) in [5.41, 5.74) is 7.37. The molecule has 0 aliphatic carbocycles. The molecule has 0 saturated carbocycles. The van der Waals surface area contributed by atoms with Crippen LogP contribution in [0.25, 0.3) is 33.4 Å². The highest BCUT2D eigenvalue weighted by atomic mass is 79.9. The molecule has 0 aromatic heterocycles. The maximum atomic E-state index is 3.82. The van der Waals surface area contributed by atoms with Gasteiger partial charge in [0, 0.05) is 4.47 Å². The van der Waals surface area contributed by atoms with E-state index in [9.17, 15) is 0 Å². The second-order valence-corrected chi connectivity index (χ2v) is 15.8. The summed E-state index contributed by atoms with van der Waals surface area (Å²) in [7, 11) is -2.73. The molecule has 7 aromatic rings. The number of benzene rings is 7. The van der Waals surface area contributed by atoms with Crippen LogP contribution in [-0.4, -0.2) is 8.07 Å². The fraction of sp³-hybridized carbons (Fsp3) is 0. The van der Waals surface area contributed by atoms with Gasteiger partial charge in [-0.2, -0.15) is 0 Å². The van der Waals surface area contributed by atoms with Crippen LogP contribution in [0.15, 0.2) is 193 Å². The summed E-state index contributed by atoms with van der Waals surface area (Å²) in [5.74, 6) is 0. The molecule has 7 rings (SSSR count). The minimum Gasteiger partial charge on any atom is -0.0622 e. The molecule has 2 heteroatoms. The Kier molecular flexibility index (Phi) is 7.94. The van der Waals surface area contributed by atoms with E-state index < -0.39 is 8.07 Å². The molecule has 0 amide bonds. The van der Waals surface area contributed by atoms with Crippen LogP contribution >= 0.6 is 15.9 Å². The number of hydrogen-bond donors (Lipinski definition) is 0. The largest absolute Gasteiger partial charge is 0.179 e. The van der Waals surface area contributed by atoms with Crippen LogP contribution in [0, 0.1) is 0 Å². The van der Waals surface area contributed by atoms with E-state index in [1.165, 1.54) is 54.1 Å². The third-order valence-corrected chi connectivity index (χ3v) is 13.8. The van der Waals surface area contributed by atoms with Crippen LogP contribution in [0.3, 0.4) is 0 Å². The Morgan fingerprint density at radius 3 is 0.909 bits per heavy atom. The van der Waals surface area contributed by atoms with Crippen molar-refractivity contribution in [3.05, 3.63) is 193 Å². The third-order valence-electron chi connectivity index (χ3n) is 8.53. The minimum atomic E-state index is -2.73. The van der Waals surface area contributed by atoms with Crippen LogP contribution < -0.4 is 20.7 Å². The maximum Gasteiger partial charge on any atom is 0.179 e. The van der Waals surface area contributed by atoms with Gasteiger partial charge < -0.3 is 0 Å². The molecule has 0 atom stereocenters. The Morgan fingerprint density at radius 1 is 0.273 bits per heavy atom. The normalized spacial score (nSPS) is 11.3. The van der Waals surface area contributed by atoms with E-state index in [0.29, 0.717) is 0 Å². The van der Waals surface area contributed by atoms with Gasteiger partial charge in [0.25, 0.3) is 0 Å². The molecule has 210 valence electrons. The van der Waals surface area contributed by atoms with Crippen LogP contribution in [0.5, 0.6) is 0 Å². The van der Waals surface area contributed by atoms with Gasteiger partial charge in [-0.15, -0.1) is 0 Å². The molecule has 0 aliphatic rings. The summed E-state index contributed by atoms with van der Waals surface area (Å²) in [6, 6.07) is 68.8. The molecule has 44 heavy (non-hydrogen) atoms. The first-order chi connectivity index (χ1) is 21.7. The Hall–Kier alpha value is -4.76. The van der Waals surface area contributed by atoms with E-state index in [2.05, 4.69) is 204 Å². The van der Waals surface area contributed by atoms with E-state index in [1.807, 2.05) is 0 Å². The SMILES string of the molecule is Brc1cccc([Si](c2ccc(-c3ccccc3)cc2)(c2ccc(-c3ccccc3)cc2)c2ccc(-c3ccccc3)cc2)c1. The van der Waals surface area contributed by atoms with Gasteiger partial charge in [-0.25, -0.2) is 0 Å². The van der Waals surface area contributed by atoms with Gasteiger partial charge >= 0.3 is 0 Å². The van der Waals surface area contributed by atoms with Crippen LogP contribution in [-0.2, 0) is 0 Å². The van der Waals surface area contributed by atoms with Crippen molar-refractivity contribution in [3.8, 4) is 33.4 Å². The fourth-order valence-electron chi connectivity index (χ4n) is 6.35. The average molecular weight is 644 g/mol. The van der Waals surface area contributed by atoms with Crippen molar-refractivity contribution in [2.45, 2.75) is 0 Å². The zero-order chi connectivity index (χ0) is 29.8. The molecule has 0 fully saturated rings. The zero-order valence-corrected chi connectivity index (χ0v) is 26.9. The second-order valence-electron chi connectivity index (χ2n) is 11.1. The lowest BCUT2D eigenvalue weighted by Gasteiger charge is -2.35. The number of hydrogen-bond acceptors (Lipinski definition) is 0. The number of halogens is 1. The quantitative estimate of drug-likeness (QED) is 0.120. The molecule has 0 spiro atoms. The van der Waals surface area contributed by atoms with Gasteiger partial charge in [0.2, 0.25) is 0 Å². The van der Waals surface area contributed by atoms with E-state index in [1.54, 1.807) is 0 Å². The molecule has 0 N–H and O–H groups in total. The second kappa shape index (κ2) is 12.5. The molecule has 0 saturated heterocycles. The molecular weight excluding hydrogens is 612 g/mol. The van der Waals surface area contributed by atoms with E-state index >= 15 is 0 Å². The first-order valence-corrected chi connectivity index (χ1v) is 17.7. The highest BCUT2D eigenvalue weighted by Crippen LogP contribution is 2.23. The molecule has 0 nitrogen and oxygen atoms in total. The van der Waals surface area contributed by atoms with Crippen molar-refractivity contribution in [1.82, 2.24) is 0 Å². The van der Waals surface area contributed by atoms with Gasteiger partial charge in [0.1, 0.15) is 0 Å². The first-order valence-electron chi connectivity index (χ1n) is 15.0. The van der Waals surface area contributed by atoms with Crippen LogP contribution in [0.2, 0.25) is 0 Å². The molecule has 0 bridgehead atoms. The molecule has 0 aliphatic heterocycles. The summed E-state index contributed by atoms with van der Waals surface area (Å²) in [5, 5.41) is 5.42. The fourth-order valence-corrected chi connectivity index (χ4v) is 11.7. The smallest absolute Gasteiger partial charge is 0.0622 e. The van der Waals surface area contributed by atoms with Gasteiger partial charge in [0.05, 0.1) is 0 Å². The summed E-state index contributed by atoms with van der Waals surface area (Å²) >= 11 is 3.82. The number of rotatable bonds is 7. The van der Waals surface area contributed by atoms with Gasteiger partial charge in [-0.05, 0) is 66.3 Å². The lowest BCUT2D eigenvalue weighted by atomic mass is 10.1. The summed E-state index contributed by atoms with van der Waals surface area (Å²) in [4.78, 5) is 0. The summed E-state index contributed by atoms with van der Waals surface area (Å²) < 4.78 is 1.09. The van der Waals surface area contributed by atoms with Gasteiger partial charge in [-0.3, -0.25) is 0 Å². The molecule has 0 heterocycles. The lowest BCUT2D eigenvalue weighted by Crippen LogP contribution is -2.74. The van der Waals surface area contributed by atoms with E-state index in [0.717, 1.165) is 4.47 Å². The highest BCUT2D eigenvalue weighted by Gasteiger charge is 2.41. The van der Waals surface area contributed by atoms with Crippen molar-refractivity contribution in [3.63, 3.8) is 0 Å². The summed E-state index contributed by atoms with van der Waals surface area (Å²) in [6.45, 7) is 0. The molecule has 0 radical (unpaired) electrons. The van der Waals surface area contributed by atoms with E-state index in [4.69, 9.17) is 0 Å². The van der Waals surface area contributed by atoms with Gasteiger partial charge in [-0.1, -0.05) is 192 Å². The van der Waals surface area contributed by atoms with Crippen molar-refractivity contribution < 1.29 is 0 Å². The maximum absolute atomic E-state index is 3.82. The predicted molar refractivity (Wildman–Crippen MR) is 194 cm³/mol. The van der Waals surface area contributed by atoms with Crippen molar-refractivity contribution >= 4 is 44.8 Å². The predicted octanol–water partition coefficient (Wildman–Crippen LogP) is 8.83. The minimum absolute atomic E-state index is 1.09. The zero-order valence-electron chi connectivity index (χ0n) is 24.3. The standard InChI is InChI=1S/C42H31BrSi/c43-38-17-10-18-42(31-38)44(39-25-19-35(20-26-39)32-11-4-1-5-12-32,40-27-21-36(22-28-40)33-13-6-2-7-14-33)41-29-23-37(24-30-41)34-15-8-3-9-16-34/h1-31H. The average Bonchev–Trinajstić information content (AvgIpc) is 3.11. The van der Waals surface area contributed by atoms with Crippen LogP contribution in [0.1, 0.15) is 0 Å². The molecule has 7 aromatic carbocycles. The van der Waals surface area contributed by atoms with Gasteiger partial charge in [0.15, 0.2) is 8.07 Å². The van der Waals surface area contributed by atoms with Crippen LogP contribution in [0.4, 0.5) is 0 Å². The monoisotopic (exact) mass is 642 g/mol. The Bertz CT molecular complexity index is 1770. The van der Waals surface area contributed by atoms with Crippen molar-refractivity contribution in [2.75, 3.05) is 0 Å². The lowest BCUT2D eigenvalue weighted by molar-refractivity contribution is 1.60. The third kappa shape index (κ3) is 5.39. The molecule has 0 unspecified atom stereocenters. The summed E-state index contributed by atoms with van der Waals surface area (Å²) in [6.07, 6.45) is 0. The highest BCUT2D eigenvalue weighted by molar-refractivity contribution is 9.10. The topological polar surface area (TPSA) is 0 Å². The molecular formula is C42H31BrSi. The first kappa shape index (κ1) is 28.0. The Labute approximate surface area is 269 Å². The van der Waals surface area contributed by atoms with E-state index in [-0.39, 0.29) is 0 Å². The van der Waals surface area contributed by atoms with Crippen molar-refractivity contribution in [1.29, 1.82) is 0 Å². The van der Waals surface area contributed by atoms with Crippen molar-refractivity contribution in [2.24, 2.45) is 0 Å². The Balaban J connectivity index is 1.46.